The van der Waals surface area contributed by atoms with E-state index < -0.39 is 5.91 Å². The Kier molecular flexibility index (Phi) is 2.49. The van der Waals surface area contributed by atoms with Crippen LogP contribution in [-0.2, 0) is 6.54 Å². The van der Waals surface area contributed by atoms with Crippen LogP contribution in [0.25, 0.3) is 0 Å². The summed E-state index contributed by atoms with van der Waals surface area (Å²) in [7, 11) is 0. The van der Waals surface area contributed by atoms with Gasteiger partial charge in [0.25, 0.3) is 5.91 Å². The molecule has 0 aliphatic carbocycles. The molecule has 1 aliphatic heterocycles. The molecule has 1 amide bonds. The molecule has 0 bridgehead atoms. The Morgan fingerprint density at radius 1 is 1.79 bits per heavy atom. The summed E-state index contributed by atoms with van der Waals surface area (Å²) in [6.45, 7) is 2.97. The highest BCUT2D eigenvalue weighted by atomic mass is 16.1. The summed E-state index contributed by atoms with van der Waals surface area (Å²) in [6.07, 6.45) is 2.98. The fourth-order valence-corrected chi connectivity index (χ4v) is 1.73. The quantitative estimate of drug-likeness (QED) is 0.687. The van der Waals surface area contributed by atoms with Crippen molar-refractivity contribution in [3.05, 3.63) is 18.0 Å². The first kappa shape index (κ1) is 9.21. The van der Waals surface area contributed by atoms with E-state index in [1.165, 1.54) is 6.42 Å². The summed E-state index contributed by atoms with van der Waals surface area (Å²) < 4.78 is 1.79. The summed E-state index contributed by atoms with van der Waals surface area (Å²) in [4.78, 5) is 10.8. The van der Waals surface area contributed by atoms with Crippen LogP contribution >= 0.6 is 0 Å². The fourth-order valence-electron chi connectivity index (χ4n) is 1.73. The van der Waals surface area contributed by atoms with Crippen molar-refractivity contribution in [2.24, 2.45) is 11.7 Å². The van der Waals surface area contributed by atoms with Crippen LogP contribution in [0.4, 0.5) is 0 Å². The molecule has 1 atom stereocenters. The molecule has 2 heterocycles. The van der Waals surface area contributed by atoms with Gasteiger partial charge in [-0.15, -0.1) is 0 Å². The molecule has 76 valence electrons. The molecular weight excluding hydrogens is 180 g/mol. The number of rotatable bonds is 3. The van der Waals surface area contributed by atoms with Gasteiger partial charge in [-0.3, -0.25) is 9.48 Å². The van der Waals surface area contributed by atoms with E-state index in [9.17, 15) is 4.79 Å². The number of carbonyl (C=O) groups is 1. The summed E-state index contributed by atoms with van der Waals surface area (Å²) in [6, 6.07) is 1.66. The lowest BCUT2D eigenvalue weighted by Crippen LogP contribution is -2.16. The highest BCUT2D eigenvalue weighted by Crippen LogP contribution is 2.10. The molecule has 1 fully saturated rings. The first-order chi connectivity index (χ1) is 6.75. The molecule has 1 aliphatic rings. The van der Waals surface area contributed by atoms with E-state index in [0.717, 1.165) is 19.6 Å². The van der Waals surface area contributed by atoms with Gasteiger partial charge < -0.3 is 11.1 Å². The summed E-state index contributed by atoms with van der Waals surface area (Å²) in [5.41, 5.74) is 5.45. The van der Waals surface area contributed by atoms with Crippen molar-refractivity contribution in [2.45, 2.75) is 13.0 Å². The van der Waals surface area contributed by atoms with Gasteiger partial charge in [0.1, 0.15) is 5.69 Å². The fraction of sp³-hybridized carbons (Fsp3) is 0.556. The number of hydrogen-bond acceptors (Lipinski definition) is 3. The van der Waals surface area contributed by atoms with Crippen molar-refractivity contribution in [1.29, 1.82) is 0 Å². The normalized spacial score (nSPS) is 21.3. The molecule has 3 N–H and O–H groups in total. The van der Waals surface area contributed by atoms with E-state index in [-0.39, 0.29) is 0 Å². The van der Waals surface area contributed by atoms with Gasteiger partial charge in [-0.05, 0) is 31.5 Å². The monoisotopic (exact) mass is 194 g/mol. The molecule has 1 saturated heterocycles. The van der Waals surface area contributed by atoms with Gasteiger partial charge in [0.15, 0.2) is 0 Å². The number of aromatic nitrogens is 2. The zero-order chi connectivity index (χ0) is 9.97. The number of nitrogens with two attached hydrogens (primary N) is 1. The van der Waals surface area contributed by atoms with Crippen LogP contribution in [0.2, 0.25) is 0 Å². The van der Waals surface area contributed by atoms with Gasteiger partial charge in [0.05, 0.1) is 0 Å². The maximum absolute atomic E-state index is 10.8. The minimum absolute atomic E-state index is 0.343. The molecule has 0 aromatic carbocycles. The van der Waals surface area contributed by atoms with Gasteiger partial charge >= 0.3 is 0 Å². The minimum Gasteiger partial charge on any atom is -0.364 e. The molecular formula is C9H14N4O. The summed E-state index contributed by atoms with van der Waals surface area (Å²) in [5, 5.41) is 7.38. The topological polar surface area (TPSA) is 72.9 Å². The van der Waals surface area contributed by atoms with Crippen LogP contribution in [-0.4, -0.2) is 28.8 Å². The van der Waals surface area contributed by atoms with Gasteiger partial charge in [0.2, 0.25) is 0 Å². The molecule has 5 heteroatoms. The second kappa shape index (κ2) is 3.79. The smallest absolute Gasteiger partial charge is 0.269 e. The van der Waals surface area contributed by atoms with E-state index in [1.807, 2.05) is 0 Å². The molecule has 0 spiro atoms. The molecule has 5 nitrogen and oxygen atoms in total. The maximum Gasteiger partial charge on any atom is 0.269 e. The number of carbonyl (C=O) groups excluding carboxylic acids is 1. The van der Waals surface area contributed by atoms with Crippen LogP contribution in [0.1, 0.15) is 16.9 Å². The third-order valence-corrected chi connectivity index (χ3v) is 2.50. The Morgan fingerprint density at radius 2 is 2.64 bits per heavy atom. The Bertz CT molecular complexity index is 327. The Hall–Kier alpha value is -1.36. The number of nitrogens with zero attached hydrogens (tertiary/aromatic N) is 2. The Labute approximate surface area is 82.3 Å². The standard InChI is InChI=1S/C9H14N4O/c10-9(14)8-2-4-13(12-8)6-7-1-3-11-5-7/h2,4,7,11H,1,3,5-6H2,(H2,10,14)/t7-/m0/s1. The van der Waals surface area contributed by atoms with E-state index in [0.29, 0.717) is 11.6 Å². The van der Waals surface area contributed by atoms with Crippen LogP contribution in [0.5, 0.6) is 0 Å². The minimum atomic E-state index is -0.465. The average Bonchev–Trinajstić information content (AvgIpc) is 2.75. The second-order valence-corrected chi connectivity index (χ2v) is 3.65. The molecule has 1 aromatic heterocycles. The first-order valence-electron chi connectivity index (χ1n) is 4.79. The predicted molar refractivity (Wildman–Crippen MR) is 51.7 cm³/mol. The van der Waals surface area contributed by atoms with Crippen molar-refractivity contribution in [1.82, 2.24) is 15.1 Å². The van der Waals surface area contributed by atoms with Gasteiger partial charge in [-0.25, -0.2) is 0 Å². The zero-order valence-electron chi connectivity index (χ0n) is 7.94. The molecule has 0 saturated carbocycles. The van der Waals surface area contributed by atoms with Gasteiger partial charge in [0, 0.05) is 12.7 Å². The molecule has 14 heavy (non-hydrogen) atoms. The van der Waals surface area contributed by atoms with Crippen molar-refractivity contribution >= 4 is 5.91 Å². The van der Waals surface area contributed by atoms with Crippen molar-refractivity contribution in [3.63, 3.8) is 0 Å². The number of hydrogen-bond donors (Lipinski definition) is 2. The molecule has 2 rings (SSSR count). The zero-order valence-corrected chi connectivity index (χ0v) is 7.94. The van der Waals surface area contributed by atoms with E-state index in [2.05, 4.69) is 10.4 Å². The van der Waals surface area contributed by atoms with E-state index in [4.69, 9.17) is 5.73 Å². The first-order valence-corrected chi connectivity index (χ1v) is 4.79. The average molecular weight is 194 g/mol. The van der Waals surface area contributed by atoms with Crippen molar-refractivity contribution in [3.8, 4) is 0 Å². The third-order valence-electron chi connectivity index (χ3n) is 2.50. The highest BCUT2D eigenvalue weighted by molar-refractivity contribution is 5.90. The van der Waals surface area contributed by atoms with Gasteiger partial charge in [-0.2, -0.15) is 5.10 Å². The predicted octanol–water partition coefficient (Wildman–Crippen LogP) is -0.409. The number of primary amides is 1. The SMILES string of the molecule is NC(=O)c1ccn(C[C@H]2CCNC2)n1. The number of nitrogens with one attached hydrogen (secondary N) is 1. The van der Waals surface area contributed by atoms with Crippen molar-refractivity contribution in [2.75, 3.05) is 13.1 Å². The summed E-state index contributed by atoms with van der Waals surface area (Å²) in [5.74, 6) is 0.156. The third kappa shape index (κ3) is 1.93. The van der Waals surface area contributed by atoms with Crippen LogP contribution in [0.15, 0.2) is 12.3 Å². The lowest BCUT2D eigenvalue weighted by molar-refractivity contribution is 0.0994. The lowest BCUT2D eigenvalue weighted by atomic mass is 10.1. The maximum atomic E-state index is 10.8. The van der Waals surface area contributed by atoms with Gasteiger partial charge in [-0.1, -0.05) is 0 Å². The lowest BCUT2D eigenvalue weighted by Gasteiger charge is -2.07. The molecule has 0 unspecified atom stereocenters. The second-order valence-electron chi connectivity index (χ2n) is 3.65. The molecule has 1 aromatic rings. The largest absolute Gasteiger partial charge is 0.364 e. The molecule has 0 radical (unpaired) electrons. The Morgan fingerprint density at radius 3 is 3.21 bits per heavy atom. The van der Waals surface area contributed by atoms with Crippen LogP contribution in [0.3, 0.4) is 0 Å². The van der Waals surface area contributed by atoms with Crippen molar-refractivity contribution < 1.29 is 4.79 Å². The Balaban J connectivity index is 1.98. The van der Waals surface area contributed by atoms with E-state index in [1.54, 1.807) is 16.9 Å². The summed E-state index contributed by atoms with van der Waals surface area (Å²) >= 11 is 0. The van der Waals surface area contributed by atoms with E-state index >= 15 is 0 Å². The van der Waals surface area contributed by atoms with Crippen LogP contribution < -0.4 is 11.1 Å². The van der Waals surface area contributed by atoms with Crippen LogP contribution in [0, 0.1) is 5.92 Å². The number of amides is 1. The highest BCUT2D eigenvalue weighted by Gasteiger charge is 2.15.